The zero-order chi connectivity index (χ0) is 16.5. The molecule has 9 heteroatoms. The molecule has 0 unspecified atom stereocenters. The van der Waals surface area contributed by atoms with E-state index in [1.165, 1.54) is 31.4 Å². The highest BCUT2D eigenvalue weighted by molar-refractivity contribution is 6.07. The van der Waals surface area contributed by atoms with Crippen LogP contribution in [0.2, 0.25) is 0 Å². The summed E-state index contributed by atoms with van der Waals surface area (Å²) in [5.74, 6) is -1.41. The summed E-state index contributed by atoms with van der Waals surface area (Å²) < 4.78 is 4.37. The number of methoxy groups -OCH3 is 1. The molecule has 0 saturated heterocycles. The number of esters is 1. The molecule has 0 atom stereocenters. The largest absolute Gasteiger partial charge is 0.468 e. The number of carbonyl (C=O) groups excluding carboxylic acids is 2. The van der Waals surface area contributed by atoms with E-state index in [-0.39, 0.29) is 23.5 Å². The van der Waals surface area contributed by atoms with Crippen LogP contribution in [0, 0.1) is 21.4 Å². The van der Waals surface area contributed by atoms with Crippen molar-refractivity contribution < 1.29 is 19.2 Å². The van der Waals surface area contributed by atoms with E-state index in [0.717, 1.165) is 6.20 Å². The van der Waals surface area contributed by atoms with E-state index in [1.807, 2.05) is 0 Å². The third-order valence-electron chi connectivity index (χ3n) is 2.43. The maximum absolute atomic E-state index is 11.9. The average Bonchev–Trinajstić information content (AvgIpc) is 2.51. The lowest BCUT2D eigenvalue weighted by Crippen LogP contribution is -2.22. The van der Waals surface area contributed by atoms with E-state index in [4.69, 9.17) is 5.26 Å². The molecule has 0 bridgehead atoms. The second-order valence-electron chi connectivity index (χ2n) is 3.86. The van der Waals surface area contributed by atoms with E-state index >= 15 is 0 Å². The van der Waals surface area contributed by atoms with Crippen molar-refractivity contribution in [3.05, 3.63) is 46.2 Å². The molecule has 0 aliphatic heterocycles. The van der Waals surface area contributed by atoms with E-state index in [2.05, 4.69) is 15.4 Å². The number of ether oxygens (including phenoxy) is 1. The molecule has 1 amide bonds. The number of benzene rings is 1. The van der Waals surface area contributed by atoms with Crippen LogP contribution in [0.15, 0.2) is 36.0 Å². The molecule has 0 aromatic heterocycles. The second-order valence-corrected chi connectivity index (χ2v) is 3.86. The molecule has 0 spiro atoms. The van der Waals surface area contributed by atoms with Crippen molar-refractivity contribution in [3.63, 3.8) is 0 Å². The van der Waals surface area contributed by atoms with E-state index in [9.17, 15) is 19.7 Å². The third kappa shape index (κ3) is 4.61. The molecule has 1 aromatic rings. The van der Waals surface area contributed by atoms with Gasteiger partial charge < -0.3 is 15.4 Å². The summed E-state index contributed by atoms with van der Waals surface area (Å²) in [6.45, 7) is -0.222. The monoisotopic (exact) mass is 304 g/mol. The Morgan fingerprint density at radius 1 is 1.45 bits per heavy atom. The number of nitrogens with one attached hydrogen (secondary N) is 2. The third-order valence-corrected chi connectivity index (χ3v) is 2.43. The van der Waals surface area contributed by atoms with Gasteiger partial charge in [-0.3, -0.25) is 19.7 Å². The lowest BCUT2D eigenvalue weighted by atomic mass is 10.2. The number of nitrogens with zero attached hydrogens (tertiary/aromatic N) is 2. The molecule has 1 aromatic carbocycles. The number of carbonyl (C=O) groups is 2. The molecule has 0 radical (unpaired) electrons. The minimum atomic E-state index is -0.839. The molecule has 0 aliphatic rings. The molecule has 2 N–H and O–H groups in total. The van der Waals surface area contributed by atoms with Gasteiger partial charge >= 0.3 is 5.97 Å². The first kappa shape index (κ1) is 16.6. The van der Waals surface area contributed by atoms with Crippen LogP contribution >= 0.6 is 0 Å². The zero-order valence-electron chi connectivity index (χ0n) is 11.5. The number of para-hydroxylation sites is 2. The lowest BCUT2D eigenvalue weighted by molar-refractivity contribution is -0.383. The number of hydrogen-bond acceptors (Lipinski definition) is 7. The standard InChI is InChI=1S/C13H12N4O5/c1-22-12(18)8-15-7-9(6-14)13(19)16-10-4-2-3-5-11(10)17(20)21/h2-5,7,15H,8H2,1H3,(H,16,19)/b9-7-. The van der Waals surface area contributed by atoms with E-state index < -0.39 is 16.8 Å². The van der Waals surface area contributed by atoms with Gasteiger partial charge in [-0.05, 0) is 6.07 Å². The Morgan fingerprint density at radius 2 is 2.14 bits per heavy atom. The van der Waals surface area contributed by atoms with Gasteiger partial charge in [0.2, 0.25) is 0 Å². The Morgan fingerprint density at radius 3 is 2.73 bits per heavy atom. The summed E-state index contributed by atoms with van der Waals surface area (Å²) in [7, 11) is 1.19. The minimum Gasteiger partial charge on any atom is -0.468 e. The summed E-state index contributed by atoms with van der Waals surface area (Å²) in [4.78, 5) is 33.0. The SMILES string of the molecule is COC(=O)CN/C=C(/C#N)C(=O)Nc1ccccc1[N+](=O)[O-]. The summed E-state index contributed by atoms with van der Waals surface area (Å²) in [5.41, 5.74) is -0.677. The van der Waals surface area contributed by atoms with Gasteiger partial charge in [0.05, 0.1) is 12.0 Å². The number of nitriles is 1. The van der Waals surface area contributed by atoms with Crippen molar-refractivity contribution in [2.24, 2.45) is 0 Å². The van der Waals surface area contributed by atoms with Crippen LogP contribution in [0.1, 0.15) is 0 Å². The van der Waals surface area contributed by atoms with Crippen molar-refractivity contribution >= 4 is 23.3 Å². The Balaban J connectivity index is 2.82. The van der Waals surface area contributed by atoms with Crippen molar-refractivity contribution in [2.45, 2.75) is 0 Å². The summed E-state index contributed by atoms with van der Waals surface area (Å²) in [6.07, 6.45) is 1.03. The highest BCUT2D eigenvalue weighted by atomic mass is 16.6. The van der Waals surface area contributed by atoms with E-state index in [0.29, 0.717) is 0 Å². The van der Waals surface area contributed by atoms with Gasteiger partial charge in [-0.2, -0.15) is 5.26 Å². The highest BCUT2D eigenvalue weighted by Gasteiger charge is 2.17. The second kappa shape index (κ2) is 8.01. The van der Waals surface area contributed by atoms with Gasteiger partial charge in [-0.15, -0.1) is 0 Å². The van der Waals surface area contributed by atoms with Gasteiger partial charge in [0.15, 0.2) is 0 Å². The average molecular weight is 304 g/mol. The topological polar surface area (TPSA) is 134 Å². The molecule has 114 valence electrons. The normalized spacial score (nSPS) is 10.3. The fraction of sp³-hybridized carbons (Fsp3) is 0.154. The number of hydrogen-bond donors (Lipinski definition) is 2. The number of rotatable bonds is 6. The zero-order valence-corrected chi connectivity index (χ0v) is 11.5. The first-order valence-electron chi connectivity index (χ1n) is 5.94. The van der Waals surface area contributed by atoms with Crippen LogP contribution in [0.4, 0.5) is 11.4 Å². The molecule has 1 rings (SSSR count). The lowest BCUT2D eigenvalue weighted by Gasteiger charge is -2.05. The van der Waals surface area contributed by atoms with Crippen molar-refractivity contribution in [1.82, 2.24) is 5.32 Å². The molecule has 22 heavy (non-hydrogen) atoms. The molecular formula is C13H12N4O5. The molecule has 0 aliphatic carbocycles. The Kier molecular flexibility index (Phi) is 6.06. The van der Waals surface area contributed by atoms with Crippen LogP contribution in [0.25, 0.3) is 0 Å². The smallest absolute Gasteiger partial charge is 0.325 e. The summed E-state index contributed by atoms with van der Waals surface area (Å²) >= 11 is 0. The van der Waals surface area contributed by atoms with Gasteiger partial charge in [0.25, 0.3) is 11.6 Å². The van der Waals surface area contributed by atoms with Crippen LogP contribution in [0.5, 0.6) is 0 Å². The van der Waals surface area contributed by atoms with Crippen LogP contribution in [-0.4, -0.2) is 30.5 Å². The number of amides is 1. The van der Waals surface area contributed by atoms with Gasteiger partial charge in [-0.1, -0.05) is 12.1 Å². The first-order valence-corrected chi connectivity index (χ1v) is 5.94. The van der Waals surface area contributed by atoms with Crippen LogP contribution in [0.3, 0.4) is 0 Å². The Bertz CT molecular complexity index is 663. The summed E-state index contributed by atoms with van der Waals surface area (Å²) in [5, 5.41) is 24.4. The Labute approximate surface area is 125 Å². The molecule has 0 heterocycles. The predicted octanol–water partition coefficient (Wildman–Crippen LogP) is 0.703. The number of nitro groups is 1. The maximum atomic E-state index is 11.9. The molecule has 0 saturated carbocycles. The number of anilines is 1. The fourth-order valence-corrected chi connectivity index (χ4v) is 1.39. The predicted molar refractivity (Wildman–Crippen MR) is 75.4 cm³/mol. The van der Waals surface area contributed by atoms with Crippen molar-refractivity contribution in [2.75, 3.05) is 19.0 Å². The minimum absolute atomic E-state index is 0.0355. The Hall–Kier alpha value is -3.41. The summed E-state index contributed by atoms with van der Waals surface area (Å²) in [6, 6.07) is 7.15. The van der Waals surface area contributed by atoms with Crippen LogP contribution < -0.4 is 10.6 Å². The maximum Gasteiger partial charge on any atom is 0.325 e. The highest BCUT2D eigenvalue weighted by Crippen LogP contribution is 2.23. The van der Waals surface area contributed by atoms with Gasteiger partial charge in [-0.25, -0.2) is 0 Å². The van der Waals surface area contributed by atoms with Crippen molar-refractivity contribution in [1.29, 1.82) is 5.26 Å². The fourth-order valence-electron chi connectivity index (χ4n) is 1.39. The van der Waals surface area contributed by atoms with Gasteiger partial charge in [0.1, 0.15) is 23.9 Å². The van der Waals surface area contributed by atoms with Gasteiger partial charge in [0, 0.05) is 12.3 Å². The van der Waals surface area contributed by atoms with Crippen molar-refractivity contribution in [3.8, 4) is 6.07 Å². The molecule has 9 nitrogen and oxygen atoms in total. The number of nitro benzene ring substituents is 1. The van der Waals surface area contributed by atoms with Crippen LogP contribution in [-0.2, 0) is 14.3 Å². The molecular weight excluding hydrogens is 292 g/mol. The quantitative estimate of drug-likeness (QED) is 0.260. The first-order chi connectivity index (χ1) is 10.5. The molecule has 0 fully saturated rings. The van der Waals surface area contributed by atoms with E-state index in [1.54, 1.807) is 6.07 Å².